The number of piperidine rings is 1. The minimum Gasteiger partial charge on any atom is -0.379 e. The molecule has 0 atom stereocenters. The standard InChI is InChI=1S/C21H34N8OS/c1-17-25-26-19(27(17)2)16-23-21(22-7-10-28-11-13-30-14-12-28)24-18-5-8-29(9-6-18)20-4-3-15-31-20/h3-4,15,18H,5-14,16H2,1-2H3,(H2,22,23,24). The minimum absolute atomic E-state index is 0.423. The smallest absolute Gasteiger partial charge is 0.191 e. The summed E-state index contributed by atoms with van der Waals surface area (Å²) in [5.41, 5.74) is 0. The SMILES string of the molecule is Cc1nnc(CN=C(NCCN2CCOCC2)NC2CCN(c3cccs3)CC2)n1C. The van der Waals surface area contributed by atoms with E-state index in [-0.39, 0.29) is 0 Å². The maximum atomic E-state index is 5.45. The first kappa shape index (κ1) is 22.0. The number of nitrogens with one attached hydrogen (secondary N) is 2. The third-order valence-electron chi connectivity index (χ3n) is 6.04. The van der Waals surface area contributed by atoms with Gasteiger partial charge in [-0.25, -0.2) is 4.99 Å². The second-order valence-electron chi connectivity index (χ2n) is 8.13. The number of aliphatic imine (C=N–C) groups is 1. The number of guanidine groups is 1. The molecule has 0 spiro atoms. The highest BCUT2D eigenvalue weighted by atomic mass is 32.1. The molecule has 4 rings (SSSR count). The first-order valence-electron chi connectivity index (χ1n) is 11.2. The van der Waals surface area contributed by atoms with E-state index in [1.54, 1.807) is 0 Å². The molecule has 0 aliphatic carbocycles. The molecule has 2 saturated heterocycles. The van der Waals surface area contributed by atoms with Crippen LogP contribution in [-0.2, 0) is 18.3 Å². The summed E-state index contributed by atoms with van der Waals surface area (Å²) in [7, 11) is 1.99. The quantitative estimate of drug-likeness (QED) is 0.489. The fraction of sp³-hybridized carbons (Fsp3) is 0.667. The number of ether oxygens (including phenoxy) is 1. The second kappa shape index (κ2) is 10.9. The van der Waals surface area contributed by atoms with E-state index >= 15 is 0 Å². The van der Waals surface area contributed by atoms with Gasteiger partial charge in [-0.1, -0.05) is 0 Å². The average Bonchev–Trinajstić information content (AvgIpc) is 3.44. The molecule has 2 aliphatic rings. The largest absolute Gasteiger partial charge is 0.379 e. The predicted molar refractivity (Wildman–Crippen MR) is 125 cm³/mol. The van der Waals surface area contributed by atoms with Gasteiger partial charge in [0.1, 0.15) is 12.4 Å². The molecule has 0 unspecified atom stereocenters. The van der Waals surface area contributed by atoms with Crippen LogP contribution >= 0.6 is 11.3 Å². The zero-order valence-corrected chi connectivity index (χ0v) is 19.4. The van der Waals surface area contributed by atoms with Gasteiger partial charge in [0.05, 0.1) is 18.2 Å². The van der Waals surface area contributed by atoms with Gasteiger partial charge in [-0.15, -0.1) is 21.5 Å². The summed E-state index contributed by atoms with van der Waals surface area (Å²) in [5.74, 6) is 2.64. The Morgan fingerprint density at radius 1 is 1.23 bits per heavy atom. The van der Waals surface area contributed by atoms with Gasteiger partial charge in [0.25, 0.3) is 0 Å². The third-order valence-corrected chi connectivity index (χ3v) is 6.97. The molecule has 0 saturated carbocycles. The molecule has 10 heteroatoms. The van der Waals surface area contributed by atoms with Crippen LogP contribution in [0.15, 0.2) is 22.5 Å². The summed E-state index contributed by atoms with van der Waals surface area (Å²) in [6.45, 7) is 10.1. The number of hydrogen-bond acceptors (Lipinski definition) is 7. The van der Waals surface area contributed by atoms with Crippen LogP contribution in [-0.4, -0.2) is 84.1 Å². The van der Waals surface area contributed by atoms with Crippen LogP contribution in [0.25, 0.3) is 0 Å². The van der Waals surface area contributed by atoms with Crippen molar-refractivity contribution in [1.82, 2.24) is 30.3 Å². The van der Waals surface area contributed by atoms with E-state index in [0.29, 0.717) is 12.6 Å². The lowest BCUT2D eigenvalue weighted by atomic mass is 10.1. The van der Waals surface area contributed by atoms with Crippen molar-refractivity contribution < 1.29 is 4.74 Å². The Morgan fingerprint density at radius 2 is 2.03 bits per heavy atom. The first-order chi connectivity index (χ1) is 15.2. The summed E-state index contributed by atoms with van der Waals surface area (Å²) in [5, 5.41) is 19.1. The fourth-order valence-electron chi connectivity index (χ4n) is 3.94. The van der Waals surface area contributed by atoms with E-state index in [1.807, 2.05) is 29.9 Å². The minimum atomic E-state index is 0.423. The topological polar surface area (TPSA) is 82.8 Å². The van der Waals surface area contributed by atoms with Crippen molar-refractivity contribution in [2.45, 2.75) is 32.4 Å². The number of rotatable bonds is 7. The summed E-state index contributed by atoms with van der Waals surface area (Å²) >= 11 is 1.82. The molecule has 31 heavy (non-hydrogen) atoms. The lowest BCUT2D eigenvalue weighted by Gasteiger charge is -2.34. The van der Waals surface area contributed by atoms with Crippen LogP contribution in [0.1, 0.15) is 24.5 Å². The van der Waals surface area contributed by atoms with Crippen LogP contribution < -0.4 is 15.5 Å². The average molecular weight is 447 g/mol. The number of nitrogens with zero attached hydrogens (tertiary/aromatic N) is 6. The normalized spacial score (nSPS) is 19.0. The monoisotopic (exact) mass is 446 g/mol. The lowest BCUT2D eigenvalue weighted by molar-refractivity contribution is 0.0389. The molecule has 2 aromatic heterocycles. The number of anilines is 1. The van der Waals surface area contributed by atoms with Crippen molar-refractivity contribution in [3.05, 3.63) is 29.2 Å². The number of morpholine rings is 1. The van der Waals surface area contributed by atoms with Gasteiger partial charge in [0, 0.05) is 52.4 Å². The highest BCUT2D eigenvalue weighted by Crippen LogP contribution is 2.24. The van der Waals surface area contributed by atoms with E-state index in [9.17, 15) is 0 Å². The Labute approximate surface area is 188 Å². The first-order valence-corrected chi connectivity index (χ1v) is 12.1. The van der Waals surface area contributed by atoms with Crippen molar-refractivity contribution in [2.24, 2.45) is 12.0 Å². The van der Waals surface area contributed by atoms with Crippen molar-refractivity contribution >= 4 is 22.3 Å². The van der Waals surface area contributed by atoms with Crippen molar-refractivity contribution in [3.63, 3.8) is 0 Å². The van der Waals surface area contributed by atoms with Crippen molar-refractivity contribution in [2.75, 3.05) is 57.4 Å². The Hall–Kier alpha value is -2.17. The molecule has 2 aliphatic heterocycles. The molecule has 2 fully saturated rings. The maximum Gasteiger partial charge on any atom is 0.191 e. The van der Waals surface area contributed by atoms with Crippen LogP contribution in [0.4, 0.5) is 5.00 Å². The number of aryl methyl sites for hydroxylation is 1. The molecule has 0 bridgehead atoms. The highest BCUT2D eigenvalue weighted by molar-refractivity contribution is 7.14. The van der Waals surface area contributed by atoms with Crippen molar-refractivity contribution in [3.8, 4) is 0 Å². The van der Waals surface area contributed by atoms with E-state index in [1.165, 1.54) is 5.00 Å². The molecule has 9 nitrogen and oxygen atoms in total. The number of hydrogen-bond donors (Lipinski definition) is 2. The Morgan fingerprint density at radius 3 is 2.71 bits per heavy atom. The van der Waals surface area contributed by atoms with E-state index in [2.05, 4.69) is 48.1 Å². The van der Waals surface area contributed by atoms with Gasteiger partial charge in [-0.2, -0.15) is 0 Å². The molecular weight excluding hydrogens is 412 g/mol. The van der Waals surface area contributed by atoms with Crippen molar-refractivity contribution in [1.29, 1.82) is 0 Å². The van der Waals surface area contributed by atoms with E-state index in [0.717, 1.165) is 82.9 Å². The van der Waals surface area contributed by atoms with Gasteiger partial charge in [0.2, 0.25) is 0 Å². The van der Waals surface area contributed by atoms with Gasteiger partial charge in [-0.3, -0.25) is 4.90 Å². The van der Waals surface area contributed by atoms with Gasteiger partial charge in [-0.05, 0) is 37.3 Å². The summed E-state index contributed by atoms with van der Waals surface area (Å²) in [4.78, 5) is 9.74. The number of thiophene rings is 1. The highest BCUT2D eigenvalue weighted by Gasteiger charge is 2.21. The Kier molecular flexibility index (Phi) is 7.76. The Bertz CT molecular complexity index is 823. The predicted octanol–water partition coefficient (Wildman–Crippen LogP) is 1.22. The second-order valence-corrected chi connectivity index (χ2v) is 9.05. The zero-order chi connectivity index (χ0) is 21.5. The van der Waals surface area contributed by atoms with Crippen LogP contribution in [0.5, 0.6) is 0 Å². The third kappa shape index (κ3) is 6.18. The zero-order valence-electron chi connectivity index (χ0n) is 18.6. The summed E-state index contributed by atoms with van der Waals surface area (Å²) in [6, 6.07) is 4.76. The molecule has 2 N–H and O–H groups in total. The van der Waals surface area contributed by atoms with E-state index in [4.69, 9.17) is 9.73 Å². The molecule has 0 aromatic carbocycles. The van der Waals surface area contributed by atoms with Crippen LogP contribution in [0, 0.1) is 6.92 Å². The summed E-state index contributed by atoms with van der Waals surface area (Å²) < 4.78 is 7.44. The number of aromatic nitrogens is 3. The summed E-state index contributed by atoms with van der Waals surface area (Å²) in [6.07, 6.45) is 2.20. The molecule has 2 aromatic rings. The molecule has 170 valence electrons. The van der Waals surface area contributed by atoms with Crippen LogP contribution in [0.3, 0.4) is 0 Å². The Balaban J connectivity index is 1.32. The lowest BCUT2D eigenvalue weighted by Crippen LogP contribution is -2.50. The van der Waals surface area contributed by atoms with Gasteiger partial charge < -0.3 is 24.8 Å². The van der Waals surface area contributed by atoms with Gasteiger partial charge in [0.15, 0.2) is 11.8 Å². The fourth-order valence-corrected chi connectivity index (χ4v) is 4.72. The maximum absolute atomic E-state index is 5.45. The molecular formula is C21H34N8OS. The van der Waals surface area contributed by atoms with Crippen LogP contribution in [0.2, 0.25) is 0 Å². The molecule has 0 amide bonds. The van der Waals surface area contributed by atoms with E-state index < -0.39 is 0 Å². The molecule has 4 heterocycles. The van der Waals surface area contributed by atoms with Gasteiger partial charge >= 0.3 is 0 Å². The molecule has 0 radical (unpaired) electrons.